The molecule has 1 saturated heterocycles. The van der Waals surface area contributed by atoms with Crippen molar-refractivity contribution in [2.45, 2.75) is 24.9 Å². The van der Waals surface area contributed by atoms with Crippen LogP contribution in [0.25, 0.3) is 0 Å². The highest BCUT2D eigenvalue weighted by Gasteiger charge is 2.28. The van der Waals surface area contributed by atoms with Crippen molar-refractivity contribution in [1.29, 1.82) is 0 Å². The molecule has 2 rings (SSSR count). The summed E-state index contributed by atoms with van der Waals surface area (Å²) in [7, 11) is 1.67. The van der Waals surface area contributed by atoms with Crippen molar-refractivity contribution < 1.29 is 14.6 Å². The largest absolute Gasteiger partial charge is 0.497 e. The van der Waals surface area contributed by atoms with Gasteiger partial charge in [-0.25, -0.2) is 0 Å². The molecule has 1 aromatic carbocycles. The number of methoxy groups -OCH3 is 1. The van der Waals surface area contributed by atoms with E-state index in [-0.39, 0.29) is 0 Å². The van der Waals surface area contributed by atoms with Gasteiger partial charge in [0.05, 0.1) is 12.7 Å². The number of nitrogens with one attached hydrogen (secondary N) is 1. The van der Waals surface area contributed by atoms with Crippen molar-refractivity contribution in [3.8, 4) is 5.75 Å². The number of aliphatic hydroxyl groups is 1. The molecule has 2 N–H and O–H groups in total. The van der Waals surface area contributed by atoms with Gasteiger partial charge in [-0.1, -0.05) is 12.1 Å². The Balaban J connectivity index is 1.68. The zero-order valence-electron chi connectivity index (χ0n) is 11.5. The number of benzene rings is 1. The van der Waals surface area contributed by atoms with Crippen molar-refractivity contribution in [2.24, 2.45) is 0 Å². The highest BCUT2D eigenvalue weighted by Crippen LogP contribution is 2.19. The minimum atomic E-state index is -0.585. The lowest BCUT2D eigenvalue weighted by Gasteiger charge is -2.32. The second kappa shape index (κ2) is 6.89. The molecule has 1 fully saturated rings. The molecule has 4 heteroatoms. The van der Waals surface area contributed by atoms with Gasteiger partial charge in [-0.2, -0.15) is 0 Å². The Labute approximate surface area is 114 Å². The van der Waals surface area contributed by atoms with Crippen LogP contribution in [0, 0.1) is 0 Å². The minimum absolute atomic E-state index is 0.585. The lowest BCUT2D eigenvalue weighted by atomic mass is 9.94. The first-order valence-corrected chi connectivity index (χ1v) is 6.86. The molecule has 0 spiro atoms. The summed E-state index contributed by atoms with van der Waals surface area (Å²) in [5.41, 5.74) is 0.685. The molecule has 1 aliphatic heterocycles. The number of ether oxygens (including phenoxy) is 2. The van der Waals surface area contributed by atoms with Crippen molar-refractivity contribution in [3.63, 3.8) is 0 Å². The molecule has 1 heterocycles. The van der Waals surface area contributed by atoms with Gasteiger partial charge in [0, 0.05) is 32.6 Å². The second-order valence-electron chi connectivity index (χ2n) is 5.11. The Morgan fingerprint density at radius 1 is 1.26 bits per heavy atom. The summed E-state index contributed by atoms with van der Waals surface area (Å²) in [6.07, 6.45) is 2.40. The van der Waals surface area contributed by atoms with E-state index in [1.165, 1.54) is 5.56 Å². The average Bonchev–Trinajstić information content (AvgIpc) is 2.45. The molecule has 1 aromatic rings. The fourth-order valence-electron chi connectivity index (χ4n) is 2.27. The van der Waals surface area contributed by atoms with Crippen LogP contribution in [0.4, 0.5) is 0 Å². The summed E-state index contributed by atoms with van der Waals surface area (Å²) in [6, 6.07) is 8.09. The Hall–Kier alpha value is -1.10. The summed E-state index contributed by atoms with van der Waals surface area (Å²) >= 11 is 0. The number of hydrogen-bond acceptors (Lipinski definition) is 4. The van der Waals surface area contributed by atoms with Gasteiger partial charge in [0.25, 0.3) is 0 Å². The minimum Gasteiger partial charge on any atom is -0.497 e. The fraction of sp³-hybridized carbons (Fsp3) is 0.600. The SMILES string of the molecule is COc1ccc(CCNCC2(O)CCOCC2)cc1. The lowest BCUT2D eigenvalue weighted by Crippen LogP contribution is -2.45. The van der Waals surface area contributed by atoms with Crippen molar-refractivity contribution >= 4 is 0 Å². The van der Waals surface area contributed by atoms with Gasteiger partial charge in [0.1, 0.15) is 5.75 Å². The van der Waals surface area contributed by atoms with E-state index in [9.17, 15) is 5.11 Å². The molecular weight excluding hydrogens is 242 g/mol. The van der Waals surface area contributed by atoms with Crippen LogP contribution in [0.1, 0.15) is 18.4 Å². The zero-order chi connectivity index (χ0) is 13.6. The number of hydrogen-bond donors (Lipinski definition) is 2. The molecule has 0 atom stereocenters. The normalized spacial score (nSPS) is 18.2. The van der Waals surface area contributed by atoms with E-state index in [0.717, 1.165) is 31.6 Å². The van der Waals surface area contributed by atoms with E-state index >= 15 is 0 Å². The summed E-state index contributed by atoms with van der Waals surface area (Å²) in [4.78, 5) is 0. The standard InChI is InChI=1S/C15H23NO3/c1-18-14-4-2-13(3-5-14)6-9-16-12-15(17)7-10-19-11-8-15/h2-5,16-17H,6-12H2,1H3. The van der Waals surface area contributed by atoms with Crippen LogP contribution in [0.2, 0.25) is 0 Å². The molecule has 0 saturated carbocycles. The second-order valence-corrected chi connectivity index (χ2v) is 5.11. The van der Waals surface area contributed by atoms with Crippen LogP contribution < -0.4 is 10.1 Å². The predicted molar refractivity (Wildman–Crippen MR) is 74.6 cm³/mol. The maximum Gasteiger partial charge on any atom is 0.118 e. The first-order chi connectivity index (χ1) is 9.22. The molecular formula is C15H23NO3. The topological polar surface area (TPSA) is 50.7 Å². The van der Waals surface area contributed by atoms with Crippen LogP contribution in [0.15, 0.2) is 24.3 Å². The smallest absolute Gasteiger partial charge is 0.118 e. The number of rotatable bonds is 6. The first kappa shape index (κ1) is 14.3. The van der Waals surface area contributed by atoms with Crippen LogP contribution >= 0.6 is 0 Å². The molecule has 0 aromatic heterocycles. The summed E-state index contributed by atoms with van der Waals surface area (Å²) < 4.78 is 10.4. The molecule has 1 aliphatic rings. The average molecular weight is 265 g/mol. The monoisotopic (exact) mass is 265 g/mol. The maximum atomic E-state index is 10.3. The summed E-state index contributed by atoms with van der Waals surface area (Å²) in [5.74, 6) is 0.883. The van der Waals surface area contributed by atoms with Gasteiger partial charge in [-0.05, 0) is 30.7 Å². The Bertz CT molecular complexity index is 371. The predicted octanol–water partition coefficient (Wildman–Crippen LogP) is 1.37. The zero-order valence-corrected chi connectivity index (χ0v) is 11.5. The van der Waals surface area contributed by atoms with E-state index in [4.69, 9.17) is 9.47 Å². The van der Waals surface area contributed by atoms with E-state index < -0.39 is 5.60 Å². The van der Waals surface area contributed by atoms with E-state index in [1.807, 2.05) is 12.1 Å². The molecule has 0 aliphatic carbocycles. The molecule has 0 unspecified atom stereocenters. The fourth-order valence-corrected chi connectivity index (χ4v) is 2.27. The molecule has 106 valence electrons. The molecule has 4 nitrogen and oxygen atoms in total. The van der Waals surface area contributed by atoms with Gasteiger partial charge in [0.2, 0.25) is 0 Å². The molecule has 0 radical (unpaired) electrons. The lowest BCUT2D eigenvalue weighted by molar-refractivity contribution is -0.0614. The van der Waals surface area contributed by atoms with Crippen molar-refractivity contribution in [1.82, 2.24) is 5.32 Å². The summed E-state index contributed by atoms with van der Waals surface area (Å²) in [6.45, 7) is 2.84. The highest BCUT2D eigenvalue weighted by atomic mass is 16.5. The van der Waals surface area contributed by atoms with E-state index in [2.05, 4.69) is 17.4 Å². The van der Waals surface area contributed by atoms with Gasteiger partial charge in [0.15, 0.2) is 0 Å². The van der Waals surface area contributed by atoms with Crippen LogP contribution in [-0.2, 0) is 11.2 Å². The van der Waals surface area contributed by atoms with Gasteiger partial charge in [-0.3, -0.25) is 0 Å². The molecule has 19 heavy (non-hydrogen) atoms. The van der Waals surface area contributed by atoms with Crippen molar-refractivity contribution in [2.75, 3.05) is 33.4 Å². The van der Waals surface area contributed by atoms with Crippen LogP contribution in [0.5, 0.6) is 5.75 Å². The first-order valence-electron chi connectivity index (χ1n) is 6.86. The Morgan fingerprint density at radius 2 is 1.95 bits per heavy atom. The Kier molecular flexibility index (Phi) is 5.19. The van der Waals surface area contributed by atoms with E-state index in [1.54, 1.807) is 7.11 Å². The van der Waals surface area contributed by atoms with Gasteiger partial charge < -0.3 is 19.9 Å². The summed E-state index contributed by atoms with van der Waals surface area (Å²) in [5, 5.41) is 13.6. The van der Waals surface area contributed by atoms with Crippen LogP contribution in [-0.4, -0.2) is 44.1 Å². The molecule has 0 amide bonds. The quantitative estimate of drug-likeness (QED) is 0.763. The maximum absolute atomic E-state index is 10.3. The van der Waals surface area contributed by atoms with Crippen molar-refractivity contribution in [3.05, 3.63) is 29.8 Å². The molecule has 0 bridgehead atoms. The van der Waals surface area contributed by atoms with Crippen LogP contribution in [0.3, 0.4) is 0 Å². The van der Waals surface area contributed by atoms with E-state index in [0.29, 0.717) is 19.8 Å². The van der Waals surface area contributed by atoms with Gasteiger partial charge >= 0.3 is 0 Å². The Morgan fingerprint density at radius 3 is 2.58 bits per heavy atom. The third-order valence-electron chi connectivity index (χ3n) is 3.63. The highest BCUT2D eigenvalue weighted by molar-refractivity contribution is 5.27. The third kappa shape index (κ3) is 4.49. The third-order valence-corrected chi connectivity index (χ3v) is 3.63. The van der Waals surface area contributed by atoms with Gasteiger partial charge in [-0.15, -0.1) is 0 Å².